The first-order valence-electron chi connectivity index (χ1n) is 5.54. The summed E-state index contributed by atoms with van der Waals surface area (Å²) < 4.78 is 39.1. The fraction of sp³-hybridized carbons (Fsp3) is 0.0769. The van der Waals surface area contributed by atoms with Crippen LogP contribution in [0.4, 0.5) is 18.9 Å². The third-order valence-corrected chi connectivity index (χ3v) is 2.59. The van der Waals surface area contributed by atoms with Crippen molar-refractivity contribution >= 4 is 11.6 Å². The molecule has 0 aliphatic carbocycles. The number of amides is 1. The van der Waals surface area contributed by atoms with E-state index in [9.17, 15) is 22.8 Å². The minimum atomic E-state index is -1.69. The minimum Gasteiger partial charge on any atom is -0.364 e. The Morgan fingerprint density at radius 1 is 1.20 bits per heavy atom. The van der Waals surface area contributed by atoms with E-state index in [0.717, 1.165) is 12.3 Å². The van der Waals surface area contributed by atoms with Gasteiger partial charge in [0.2, 0.25) is 0 Å². The highest BCUT2D eigenvalue weighted by atomic mass is 19.2. The first-order valence-corrected chi connectivity index (χ1v) is 5.54. The molecule has 0 unspecified atom stereocenters. The quantitative estimate of drug-likeness (QED) is 0.831. The number of aryl methyl sites for hydroxylation is 1. The van der Waals surface area contributed by atoms with Crippen LogP contribution in [0.15, 0.2) is 29.2 Å². The van der Waals surface area contributed by atoms with E-state index in [1.807, 2.05) is 5.32 Å². The smallest absolute Gasteiger partial charge is 0.261 e. The number of benzene rings is 1. The average molecular weight is 282 g/mol. The number of carbonyl (C=O) groups is 1. The molecule has 2 rings (SSSR count). The fourth-order valence-electron chi connectivity index (χ4n) is 1.56. The van der Waals surface area contributed by atoms with Crippen LogP contribution in [-0.4, -0.2) is 10.9 Å². The maximum absolute atomic E-state index is 13.4. The molecule has 1 heterocycles. The van der Waals surface area contributed by atoms with Gasteiger partial charge in [-0.05, 0) is 19.1 Å². The Morgan fingerprint density at radius 2 is 1.90 bits per heavy atom. The van der Waals surface area contributed by atoms with Crippen LogP contribution in [0.25, 0.3) is 0 Å². The highest BCUT2D eigenvalue weighted by Gasteiger charge is 2.17. The van der Waals surface area contributed by atoms with Gasteiger partial charge in [0.1, 0.15) is 5.56 Å². The van der Waals surface area contributed by atoms with Gasteiger partial charge in [-0.3, -0.25) is 9.59 Å². The number of rotatable bonds is 2. The number of aromatic amines is 1. The van der Waals surface area contributed by atoms with Crippen LogP contribution >= 0.6 is 0 Å². The molecular weight excluding hydrogens is 273 g/mol. The molecule has 2 N–H and O–H groups in total. The van der Waals surface area contributed by atoms with Gasteiger partial charge in [-0.15, -0.1) is 0 Å². The van der Waals surface area contributed by atoms with Gasteiger partial charge in [0.15, 0.2) is 22.9 Å². The van der Waals surface area contributed by atoms with Crippen molar-refractivity contribution in [2.75, 3.05) is 5.32 Å². The lowest BCUT2D eigenvalue weighted by Crippen LogP contribution is -2.22. The summed E-state index contributed by atoms with van der Waals surface area (Å²) >= 11 is 0. The first kappa shape index (κ1) is 13.9. The second-order valence-electron chi connectivity index (χ2n) is 4.07. The Labute approximate surface area is 111 Å². The number of hydrogen-bond acceptors (Lipinski definition) is 2. The van der Waals surface area contributed by atoms with Crippen molar-refractivity contribution in [1.29, 1.82) is 0 Å². The van der Waals surface area contributed by atoms with Gasteiger partial charge in [-0.25, -0.2) is 13.2 Å². The number of nitrogens with one attached hydrogen (secondary N) is 2. The summed E-state index contributed by atoms with van der Waals surface area (Å²) in [4.78, 5) is 26.0. The molecule has 0 aliphatic heterocycles. The molecule has 20 heavy (non-hydrogen) atoms. The van der Waals surface area contributed by atoms with E-state index in [4.69, 9.17) is 0 Å². The standard InChI is InChI=1S/C13H9F3N2O2/c1-6-4-10(19)7(5-17-6)13(20)18-9-3-2-8(14)11(15)12(9)16/h2-5H,1H3,(H,17,19)(H,18,20). The molecule has 1 aromatic heterocycles. The Hall–Kier alpha value is -2.57. The zero-order valence-electron chi connectivity index (χ0n) is 10.3. The van der Waals surface area contributed by atoms with Crippen molar-refractivity contribution in [3.8, 4) is 0 Å². The zero-order chi connectivity index (χ0) is 14.9. The van der Waals surface area contributed by atoms with E-state index in [2.05, 4.69) is 4.98 Å². The lowest BCUT2D eigenvalue weighted by atomic mass is 10.2. The van der Waals surface area contributed by atoms with Crippen molar-refractivity contribution in [2.24, 2.45) is 0 Å². The number of H-pyrrole nitrogens is 1. The van der Waals surface area contributed by atoms with Crippen LogP contribution in [0.3, 0.4) is 0 Å². The Bertz CT molecular complexity index is 741. The van der Waals surface area contributed by atoms with Crippen LogP contribution in [-0.2, 0) is 0 Å². The number of hydrogen-bond donors (Lipinski definition) is 2. The molecule has 0 saturated heterocycles. The Kier molecular flexibility index (Phi) is 3.60. The predicted octanol–water partition coefficient (Wildman–Crippen LogP) is 2.35. The molecule has 0 bridgehead atoms. The number of aromatic nitrogens is 1. The van der Waals surface area contributed by atoms with Gasteiger partial charge in [0.05, 0.1) is 5.69 Å². The predicted molar refractivity (Wildman–Crippen MR) is 66.1 cm³/mol. The summed E-state index contributed by atoms with van der Waals surface area (Å²) in [5.41, 5.74) is -0.832. The topological polar surface area (TPSA) is 62.0 Å². The van der Waals surface area contributed by atoms with E-state index in [0.29, 0.717) is 11.8 Å². The van der Waals surface area contributed by atoms with Gasteiger partial charge in [-0.2, -0.15) is 0 Å². The maximum atomic E-state index is 13.4. The van der Waals surface area contributed by atoms with Crippen molar-refractivity contribution < 1.29 is 18.0 Å². The van der Waals surface area contributed by atoms with Crippen molar-refractivity contribution in [3.63, 3.8) is 0 Å². The van der Waals surface area contributed by atoms with Gasteiger partial charge in [0.25, 0.3) is 5.91 Å². The number of anilines is 1. The molecular formula is C13H9F3N2O2. The van der Waals surface area contributed by atoms with Crippen LogP contribution in [0, 0.1) is 24.4 Å². The zero-order valence-corrected chi connectivity index (χ0v) is 10.3. The van der Waals surface area contributed by atoms with E-state index in [1.165, 1.54) is 6.07 Å². The van der Waals surface area contributed by atoms with Gasteiger partial charge >= 0.3 is 0 Å². The molecule has 2 aromatic rings. The number of carbonyl (C=O) groups excluding carboxylic acids is 1. The highest BCUT2D eigenvalue weighted by Crippen LogP contribution is 2.19. The molecule has 0 atom stereocenters. The molecule has 0 aliphatic rings. The van der Waals surface area contributed by atoms with Crippen molar-refractivity contribution in [3.05, 3.63) is 63.3 Å². The molecule has 0 saturated carbocycles. The van der Waals surface area contributed by atoms with Crippen LogP contribution in [0.1, 0.15) is 16.1 Å². The molecule has 1 amide bonds. The van der Waals surface area contributed by atoms with Crippen LogP contribution < -0.4 is 10.7 Å². The Morgan fingerprint density at radius 3 is 2.55 bits per heavy atom. The molecule has 1 aromatic carbocycles. The van der Waals surface area contributed by atoms with Crippen LogP contribution in [0.2, 0.25) is 0 Å². The Balaban J connectivity index is 2.33. The molecule has 0 radical (unpaired) electrons. The third kappa shape index (κ3) is 2.56. The SMILES string of the molecule is Cc1cc(=O)c(C(=O)Nc2ccc(F)c(F)c2F)c[nH]1. The van der Waals surface area contributed by atoms with E-state index in [-0.39, 0.29) is 5.56 Å². The molecule has 7 heteroatoms. The minimum absolute atomic E-state index is 0.264. The summed E-state index contributed by atoms with van der Waals surface area (Å²) in [6, 6.07) is 2.73. The second kappa shape index (κ2) is 5.20. The number of pyridine rings is 1. The molecule has 0 spiro atoms. The van der Waals surface area contributed by atoms with Gasteiger partial charge in [0, 0.05) is 18.0 Å². The molecule has 0 fully saturated rings. The van der Waals surface area contributed by atoms with E-state index >= 15 is 0 Å². The van der Waals surface area contributed by atoms with Gasteiger partial charge in [-0.1, -0.05) is 0 Å². The molecule has 104 valence electrons. The van der Waals surface area contributed by atoms with E-state index < -0.39 is 34.5 Å². The maximum Gasteiger partial charge on any atom is 0.261 e. The summed E-state index contributed by atoms with van der Waals surface area (Å²) in [5, 5.41) is 2.01. The van der Waals surface area contributed by atoms with Crippen molar-refractivity contribution in [1.82, 2.24) is 4.98 Å². The second-order valence-corrected chi connectivity index (χ2v) is 4.07. The molecule has 4 nitrogen and oxygen atoms in total. The van der Waals surface area contributed by atoms with Crippen molar-refractivity contribution in [2.45, 2.75) is 6.92 Å². The van der Waals surface area contributed by atoms with Gasteiger partial charge < -0.3 is 10.3 Å². The lowest BCUT2D eigenvalue weighted by Gasteiger charge is -2.07. The van der Waals surface area contributed by atoms with E-state index in [1.54, 1.807) is 6.92 Å². The first-order chi connectivity index (χ1) is 9.40. The third-order valence-electron chi connectivity index (χ3n) is 2.59. The lowest BCUT2D eigenvalue weighted by molar-refractivity contribution is 0.102. The average Bonchev–Trinajstić information content (AvgIpc) is 2.39. The monoisotopic (exact) mass is 282 g/mol. The summed E-state index contributed by atoms with van der Waals surface area (Å²) in [7, 11) is 0. The normalized spacial score (nSPS) is 10.4. The largest absolute Gasteiger partial charge is 0.364 e. The summed E-state index contributed by atoms with van der Waals surface area (Å²) in [6.45, 7) is 1.62. The summed E-state index contributed by atoms with van der Waals surface area (Å²) in [5.74, 6) is -5.51. The number of halogens is 3. The highest BCUT2D eigenvalue weighted by molar-refractivity contribution is 6.04. The summed E-state index contributed by atoms with van der Waals surface area (Å²) in [6.07, 6.45) is 1.16. The fourth-order valence-corrected chi connectivity index (χ4v) is 1.56. The van der Waals surface area contributed by atoms with Crippen LogP contribution in [0.5, 0.6) is 0 Å².